The van der Waals surface area contributed by atoms with Crippen LogP contribution in [0, 0.1) is 5.92 Å². The summed E-state index contributed by atoms with van der Waals surface area (Å²) in [6.45, 7) is 7.56. The van der Waals surface area contributed by atoms with Crippen molar-refractivity contribution in [2.24, 2.45) is 5.92 Å². The van der Waals surface area contributed by atoms with Crippen LogP contribution in [0.1, 0.15) is 38.2 Å². The molecule has 4 nitrogen and oxygen atoms in total. The summed E-state index contributed by atoms with van der Waals surface area (Å²) in [6.07, 6.45) is 6.59. The maximum Gasteiger partial charge on any atom is 0.234 e. The maximum absolute atomic E-state index is 12.2. The molecule has 0 unspecified atom stereocenters. The first kappa shape index (κ1) is 18.5. The van der Waals surface area contributed by atoms with E-state index in [4.69, 9.17) is 4.74 Å². The van der Waals surface area contributed by atoms with Crippen molar-refractivity contribution in [1.82, 2.24) is 10.2 Å². The van der Waals surface area contributed by atoms with Gasteiger partial charge in [0.15, 0.2) is 0 Å². The van der Waals surface area contributed by atoms with Gasteiger partial charge < -0.3 is 10.1 Å². The van der Waals surface area contributed by atoms with Gasteiger partial charge in [-0.25, -0.2) is 0 Å². The van der Waals surface area contributed by atoms with E-state index in [0.29, 0.717) is 25.1 Å². The van der Waals surface area contributed by atoms with Crippen molar-refractivity contribution in [1.29, 1.82) is 0 Å². The summed E-state index contributed by atoms with van der Waals surface area (Å²) in [6, 6.07) is 8.33. The third-order valence-corrected chi connectivity index (χ3v) is 4.62. The lowest BCUT2D eigenvalue weighted by atomic mass is 9.86. The normalized spacial score (nSPS) is 20.6. The van der Waals surface area contributed by atoms with Crippen molar-refractivity contribution < 1.29 is 9.53 Å². The lowest BCUT2D eigenvalue weighted by molar-refractivity contribution is -0.123. The van der Waals surface area contributed by atoms with Crippen LogP contribution in [-0.4, -0.2) is 37.0 Å². The predicted molar refractivity (Wildman–Crippen MR) is 98.0 cm³/mol. The number of nitrogens with one attached hydrogen (secondary N) is 1. The first-order chi connectivity index (χ1) is 11.6. The third kappa shape index (κ3) is 6.00. The van der Waals surface area contributed by atoms with Crippen LogP contribution < -0.4 is 10.1 Å². The molecule has 1 aromatic rings. The number of ether oxygens (including phenoxy) is 1. The van der Waals surface area contributed by atoms with Gasteiger partial charge in [0.1, 0.15) is 12.4 Å². The number of hydrogen-bond donors (Lipinski definition) is 1. The van der Waals surface area contributed by atoms with Gasteiger partial charge in [-0.15, -0.1) is 0 Å². The van der Waals surface area contributed by atoms with E-state index in [1.54, 1.807) is 6.08 Å². The summed E-state index contributed by atoms with van der Waals surface area (Å²) in [5, 5.41) is 3.21. The minimum atomic E-state index is 0.127. The highest BCUT2D eigenvalue weighted by molar-refractivity contribution is 5.78. The zero-order valence-corrected chi connectivity index (χ0v) is 15.0. The van der Waals surface area contributed by atoms with Crippen molar-refractivity contribution in [2.75, 3.05) is 20.2 Å². The van der Waals surface area contributed by atoms with Crippen LogP contribution in [-0.2, 0) is 11.3 Å². The molecule has 1 N–H and O–H groups in total. The summed E-state index contributed by atoms with van der Waals surface area (Å²) in [4.78, 5) is 14.3. The van der Waals surface area contributed by atoms with Gasteiger partial charge in [-0.3, -0.25) is 9.69 Å². The van der Waals surface area contributed by atoms with Gasteiger partial charge in [0.25, 0.3) is 0 Å². The summed E-state index contributed by atoms with van der Waals surface area (Å²) < 4.78 is 5.48. The standard InChI is InChI=1S/C20H30N2O2/c1-4-13-24-18-11-9-17(10-12-18)14-22(3)15-20(23)21-19-8-6-5-7-16(19)2/h4,9-12,16,19H,1,5-8,13-15H2,2-3H3,(H,21,23)/t16-,19+/m0/s1. The van der Waals surface area contributed by atoms with E-state index in [2.05, 4.69) is 18.8 Å². The summed E-state index contributed by atoms with van der Waals surface area (Å²) in [7, 11) is 1.98. The van der Waals surface area contributed by atoms with Crippen LogP contribution in [0.3, 0.4) is 0 Å². The Morgan fingerprint density at radius 2 is 2.04 bits per heavy atom. The van der Waals surface area contributed by atoms with Crippen molar-refractivity contribution in [3.63, 3.8) is 0 Å². The molecule has 2 rings (SSSR count). The number of rotatable bonds is 8. The lowest BCUT2D eigenvalue weighted by Gasteiger charge is -2.30. The number of nitrogens with zero attached hydrogens (tertiary/aromatic N) is 1. The molecule has 0 saturated heterocycles. The van der Waals surface area contributed by atoms with E-state index in [9.17, 15) is 4.79 Å². The smallest absolute Gasteiger partial charge is 0.234 e. The Kier molecular flexibility index (Phi) is 7.32. The highest BCUT2D eigenvalue weighted by Crippen LogP contribution is 2.23. The lowest BCUT2D eigenvalue weighted by Crippen LogP contribution is -2.44. The molecule has 1 saturated carbocycles. The zero-order chi connectivity index (χ0) is 17.4. The minimum absolute atomic E-state index is 0.127. The van der Waals surface area contributed by atoms with Gasteiger partial charge in [0, 0.05) is 12.6 Å². The topological polar surface area (TPSA) is 41.6 Å². The Morgan fingerprint density at radius 1 is 1.33 bits per heavy atom. The predicted octanol–water partition coefficient (Wildman–Crippen LogP) is 3.38. The highest BCUT2D eigenvalue weighted by atomic mass is 16.5. The molecule has 4 heteroatoms. The van der Waals surface area contributed by atoms with Crippen molar-refractivity contribution in [3.8, 4) is 5.75 Å². The molecular weight excluding hydrogens is 300 g/mol. The van der Waals surface area contributed by atoms with Gasteiger partial charge in [-0.1, -0.05) is 44.6 Å². The fourth-order valence-corrected chi connectivity index (χ4v) is 3.24. The first-order valence-corrected chi connectivity index (χ1v) is 8.89. The van der Waals surface area contributed by atoms with Crippen molar-refractivity contribution in [2.45, 2.75) is 45.2 Å². The van der Waals surface area contributed by atoms with E-state index in [1.165, 1.54) is 24.8 Å². The number of carbonyl (C=O) groups excluding carboxylic acids is 1. The van der Waals surface area contributed by atoms with E-state index >= 15 is 0 Å². The largest absolute Gasteiger partial charge is 0.490 e. The summed E-state index contributed by atoms with van der Waals surface area (Å²) in [5.74, 6) is 1.56. The molecule has 0 bridgehead atoms. The highest BCUT2D eigenvalue weighted by Gasteiger charge is 2.23. The van der Waals surface area contributed by atoms with Gasteiger partial charge in [0.2, 0.25) is 5.91 Å². The Morgan fingerprint density at radius 3 is 2.71 bits per heavy atom. The summed E-state index contributed by atoms with van der Waals surface area (Å²) >= 11 is 0. The molecule has 24 heavy (non-hydrogen) atoms. The second-order valence-electron chi connectivity index (χ2n) is 6.85. The van der Waals surface area contributed by atoms with Crippen molar-refractivity contribution >= 4 is 5.91 Å². The van der Waals surface area contributed by atoms with E-state index in [1.807, 2.05) is 36.2 Å². The monoisotopic (exact) mass is 330 g/mol. The molecule has 1 fully saturated rings. The van der Waals surface area contributed by atoms with Crippen LogP contribution in [0.5, 0.6) is 5.75 Å². The number of benzene rings is 1. The van der Waals surface area contributed by atoms with Gasteiger partial charge in [-0.05, 0) is 43.5 Å². The molecule has 1 aliphatic rings. The molecule has 0 heterocycles. The molecule has 1 aliphatic carbocycles. The molecule has 1 aromatic carbocycles. The van der Waals surface area contributed by atoms with Gasteiger partial charge in [-0.2, -0.15) is 0 Å². The van der Waals surface area contributed by atoms with Crippen LogP contribution in [0.4, 0.5) is 0 Å². The Balaban J connectivity index is 1.76. The molecule has 132 valence electrons. The zero-order valence-electron chi connectivity index (χ0n) is 15.0. The number of carbonyl (C=O) groups is 1. The van der Waals surface area contributed by atoms with Crippen LogP contribution in [0.25, 0.3) is 0 Å². The van der Waals surface area contributed by atoms with Gasteiger partial charge in [0.05, 0.1) is 6.54 Å². The maximum atomic E-state index is 12.2. The molecular formula is C20H30N2O2. The quantitative estimate of drug-likeness (QED) is 0.743. The average molecular weight is 330 g/mol. The van der Waals surface area contributed by atoms with E-state index in [0.717, 1.165) is 18.7 Å². The number of amides is 1. The molecule has 0 aliphatic heterocycles. The molecule has 1 amide bonds. The first-order valence-electron chi connectivity index (χ1n) is 8.89. The summed E-state index contributed by atoms with van der Waals surface area (Å²) in [5.41, 5.74) is 1.17. The Labute approximate surface area is 145 Å². The van der Waals surface area contributed by atoms with Crippen LogP contribution >= 0.6 is 0 Å². The molecule has 0 aromatic heterocycles. The van der Waals surface area contributed by atoms with Gasteiger partial charge >= 0.3 is 0 Å². The third-order valence-electron chi connectivity index (χ3n) is 4.62. The van der Waals surface area contributed by atoms with E-state index < -0.39 is 0 Å². The number of likely N-dealkylation sites (N-methyl/N-ethyl adjacent to an activating group) is 1. The number of hydrogen-bond acceptors (Lipinski definition) is 3. The Hall–Kier alpha value is -1.81. The van der Waals surface area contributed by atoms with Crippen LogP contribution in [0.2, 0.25) is 0 Å². The average Bonchev–Trinajstić information content (AvgIpc) is 2.56. The van der Waals surface area contributed by atoms with Crippen LogP contribution in [0.15, 0.2) is 36.9 Å². The second-order valence-corrected chi connectivity index (χ2v) is 6.85. The molecule has 2 atom stereocenters. The van der Waals surface area contributed by atoms with E-state index in [-0.39, 0.29) is 5.91 Å². The minimum Gasteiger partial charge on any atom is -0.490 e. The Bertz CT molecular complexity index is 527. The second kappa shape index (κ2) is 9.48. The fourth-order valence-electron chi connectivity index (χ4n) is 3.24. The SMILES string of the molecule is C=CCOc1ccc(CN(C)CC(=O)N[C@@H]2CCCC[C@@H]2C)cc1. The fraction of sp³-hybridized carbons (Fsp3) is 0.550. The molecule has 0 spiro atoms. The van der Waals surface area contributed by atoms with Crippen molar-refractivity contribution in [3.05, 3.63) is 42.5 Å². The molecule has 0 radical (unpaired) electrons.